The molecule has 0 spiro atoms. The van der Waals surface area contributed by atoms with Gasteiger partial charge in [0.15, 0.2) is 0 Å². The molecule has 3 aromatic carbocycles. The van der Waals surface area contributed by atoms with E-state index in [2.05, 4.69) is 10.3 Å². The number of aromatic nitrogens is 2. The number of hydrogen-bond acceptors (Lipinski definition) is 5. The van der Waals surface area contributed by atoms with Crippen LogP contribution < -0.4 is 10.1 Å². The van der Waals surface area contributed by atoms with Crippen molar-refractivity contribution in [2.24, 2.45) is 0 Å². The Balaban J connectivity index is 1.64. The summed E-state index contributed by atoms with van der Waals surface area (Å²) < 4.78 is 34.8. The fourth-order valence-corrected chi connectivity index (χ4v) is 5.66. The van der Waals surface area contributed by atoms with Crippen LogP contribution in [0.4, 0.5) is 5.95 Å². The van der Waals surface area contributed by atoms with E-state index >= 15 is 0 Å². The van der Waals surface area contributed by atoms with E-state index in [1.165, 1.54) is 19.2 Å². The van der Waals surface area contributed by atoms with Gasteiger partial charge in [0, 0.05) is 28.5 Å². The number of aryl methyl sites for hydroxylation is 1. The highest BCUT2D eigenvalue weighted by molar-refractivity contribution is 7.89. The maximum atomic E-state index is 13.4. The van der Waals surface area contributed by atoms with E-state index in [9.17, 15) is 13.2 Å². The van der Waals surface area contributed by atoms with Gasteiger partial charge in [-0.15, -0.1) is 0 Å². The summed E-state index contributed by atoms with van der Waals surface area (Å²) in [5.74, 6) is 0.298. The van der Waals surface area contributed by atoms with Crippen molar-refractivity contribution in [3.8, 4) is 22.7 Å². The summed E-state index contributed by atoms with van der Waals surface area (Å²) in [4.78, 5) is 18.0. The molecule has 0 fully saturated rings. The van der Waals surface area contributed by atoms with Gasteiger partial charge in [-0.25, -0.2) is 13.4 Å². The Bertz CT molecular complexity index is 1530. The fourth-order valence-electron chi connectivity index (χ4n) is 3.94. The Morgan fingerprint density at radius 2 is 1.76 bits per heavy atom. The van der Waals surface area contributed by atoms with Crippen LogP contribution in [-0.4, -0.2) is 47.9 Å². The molecule has 0 aliphatic rings. The van der Waals surface area contributed by atoms with Crippen molar-refractivity contribution in [1.29, 1.82) is 0 Å². The highest BCUT2D eigenvalue weighted by Gasteiger charge is 2.29. The second-order valence-corrected chi connectivity index (χ2v) is 11.4. The molecule has 8 nitrogen and oxygen atoms in total. The van der Waals surface area contributed by atoms with Crippen LogP contribution in [0.3, 0.4) is 0 Å². The molecule has 4 rings (SSSR count). The molecular formula is C28H29ClN4O4S. The average molecular weight is 553 g/mol. The molecule has 198 valence electrons. The van der Waals surface area contributed by atoms with Crippen LogP contribution >= 0.6 is 11.6 Å². The van der Waals surface area contributed by atoms with Crippen molar-refractivity contribution in [2.45, 2.75) is 31.7 Å². The van der Waals surface area contributed by atoms with Gasteiger partial charge in [0.25, 0.3) is 0 Å². The molecule has 0 aliphatic heterocycles. The summed E-state index contributed by atoms with van der Waals surface area (Å²) in [6, 6.07) is 20.6. The second-order valence-electron chi connectivity index (χ2n) is 9.03. The summed E-state index contributed by atoms with van der Waals surface area (Å²) in [6.07, 6.45) is 1.82. The zero-order chi connectivity index (χ0) is 27.4. The number of ether oxygens (including phenoxy) is 1. The molecule has 1 amide bonds. The lowest BCUT2D eigenvalue weighted by atomic mass is 10.2. The number of benzene rings is 3. The number of halogens is 1. The first-order valence-corrected chi connectivity index (χ1v) is 13.8. The van der Waals surface area contributed by atoms with Gasteiger partial charge < -0.3 is 4.74 Å². The minimum absolute atomic E-state index is 0.0751. The summed E-state index contributed by atoms with van der Waals surface area (Å²) in [5, 5.41) is 3.42. The summed E-state index contributed by atoms with van der Waals surface area (Å²) in [5.41, 5.74) is 3.30. The van der Waals surface area contributed by atoms with Gasteiger partial charge in [-0.05, 0) is 74.9 Å². The molecule has 10 heteroatoms. The molecule has 0 saturated heterocycles. The Labute approximate surface area is 227 Å². The number of nitrogens with one attached hydrogen (secondary N) is 1. The minimum Gasteiger partial charge on any atom is -0.497 e. The maximum Gasteiger partial charge on any atom is 0.243 e. The van der Waals surface area contributed by atoms with Crippen LogP contribution in [0.1, 0.15) is 19.4 Å². The maximum absolute atomic E-state index is 13.4. The van der Waals surface area contributed by atoms with E-state index in [4.69, 9.17) is 16.3 Å². The molecular weight excluding hydrogens is 524 g/mol. The number of nitrogens with zero attached hydrogens (tertiary/aromatic N) is 3. The Kier molecular flexibility index (Phi) is 8.20. The number of methoxy groups -OCH3 is 1. The Hall–Kier alpha value is -3.66. The highest BCUT2D eigenvalue weighted by atomic mass is 35.5. The van der Waals surface area contributed by atoms with Gasteiger partial charge in [-0.3, -0.25) is 14.7 Å². The van der Waals surface area contributed by atoms with Crippen LogP contribution in [0.2, 0.25) is 5.02 Å². The molecule has 0 saturated carbocycles. The molecule has 1 N–H and O–H groups in total. The molecule has 38 heavy (non-hydrogen) atoms. The number of imidazole rings is 1. The molecule has 0 radical (unpaired) electrons. The quantitative estimate of drug-likeness (QED) is 0.294. The van der Waals surface area contributed by atoms with Gasteiger partial charge in [0.2, 0.25) is 21.9 Å². The standard InChI is InChI=1S/C28H29ClN4O4S/c1-19(2)33(38(35,36)25-14-12-24(37-4)13-15-25)18-27(34)31-28-30-26(21-8-10-22(29)11-9-21)17-32(28)23-7-5-6-20(3)16-23/h5-17,19H,18H2,1-4H3,(H,30,31,34). The SMILES string of the molecule is COc1ccc(S(=O)(=O)N(CC(=O)Nc2nc(-c3ccc(Cl)cc3)cn2-c2cccc(C)c2)C(C)C)cc1. The average Bonchev–Trinajstić information content (AvgIpc) is 3.31. The van der Waals surface area contributed by atoms with Gasteiger partial charge in [0.05, 0.1) is 24.2 Å². The molecule has 0 unspecified atom stereocenters. The van der Waals surface area contributed by atoms with E-state index in [-0.39, 0.29) is 17.4 Å². The number of anilines is 1. The molecule has 4 aromatic rings. The number of carbonyl (C=O) groups is 1. The summed E-state index contributed by atoms with van der Waals surface area (Å²) in [6.45, 7) is 5.04. The van der Waals surface area contributed by atoms with Crippen molar-refractivity contribution in [3.63, 3.8) is 0 Å². The molecule has 0 aliphatic carbocycles. The van der Waals surface area contributed by atoms with Crippen LogP contribution in [0.5, 0.6) is 5.75 Å². The van der Waals surface area contributed by atoms with Crippen LogP contribution in [0.25, 0.3) is 16.9 Å². The third kappa shape index (κ3) is 6.07. The topological polar surface area (TPSA) is 93.5 Å². The van der Waals surface area contributed by atoms with Crippen LogP contribution in [0, 0.1) is 6.92 Å². The number of rotatable bonds is 9. The van der Waals surface area contributed by atoms with Gasteiger partial charge in [-0.1, -0.05) is 35.9 Å². The highest BCUT2D eigenvalue weighted by Crippen LogP contribution is 2.26. The lowest BCUT2D eigenvalue weighted by Crippen LogP contribution is -2.42. The molecule has 1 heterocycles. The van der Waals surface area contributed by atoms with E-state index in [0.29, 0.717) is 16.5 Å². The molecule has 0 bridgehead atoms. The van der Waals surface area contributed by atoms with Crippen molar-refractivity contribution in [3.05, 3.63) is 89.6 Å². The lowest BCUT2D eigenvalue weighted by molar-refractivity contribution is -0.116. The Morgan fingerprint density at radius 3 is 2.37 bits per heavy atom. The molecule has 0 atom stereocenters. The zero-order valence-corrected chi connectivity index (χ0v) is 23.1. The van der Waals surface area contributed by atoms with E-state index in [1.807, 2.05) is 49.5 Å². The second kappa shape index (κ2) is 11.4. The summed E-state index contributed by atoms with van der Waals surface area (Å²) in [7, 11) is -2.44. The predicted octanol–water partition coefficient (Wildman–Crippen LogP) is 5.55. The van der Waals surface area contributed by atoms with Crippen molar-refractivity contribution in [2.75, 3.05) is 19.0 Å². The first-order valence-electron chi connectivity index (χ1n) is 12.0. The smallest absolute Gasteiger partial charge is 0.243 e. The largest absolute Gasteiger partial charge is 0.497 e. The first kappa shape index (κ1) is 27.4. The third-order valence-corrected chi connectivity index (χ3v) is 8.21. The van der Waals surface area contributed by atoms with Crippen LogP contribution in [-0.2, 0) is 14.8 Å². The monoisotopic (exact) mass is 552 g/mol. The summed E-state index contributed by atoms with van der Waals surface area (Å²) >= 11 is 6.05. The van der Waals surface area contributed by atoms with E-state index in [0.717, 1.165) is 21.1 Å². The third-order valence-electron chi connectivity index (χ3n) is 5.92. The van der Waals surface area contributed by atoms with Crippen LogP contribution in [0.15, 0.2) is 83.9 Å². The number of carbonyl (C=O) groups excluding carboxylic acids is 1. The Morgan fingerprint density at radius 1 is 1.08 bits per heavy atom. The fraction of sp³-hybridized carbons (Fsp3) is 0.214. The minimum atomic E-state index is -3.95. The number of sulfonamides is 1. The predicted molar refractivity (Wildman–Crippen MR) is 149 cm³/mol. The van der Waals surface area contributed by atoms with E-state index in [1.54, 1.807) is 42.7 Å². The zero-order valence-electron chi connectivity index (χ0n) is 21.6. The van der Waals surface area contributed by atoms with E-state index < -0.39 is 22.0 Å². The first-order chi connectivity index (χ1) is 18.1. The number of hydrogen-bond donors (Lipinski definition) is 1. The van der Waals surface area contributed by atoms with Gasteiger partial charge in [0.1, 0.15) is 5.75 Å². The van der Waals surface area contributed by atoms with Crippen molar-refractivity contribution < 1.29 is 17.9 Å². The van der Waals surface area contributed by atoms with Gasteiger partial charge in [-0.2, -0.15) is 4.31 Å². The van der Waals surface area contributed by atoms with Gasteiger partial charge >= 0.3 is 0 Å². The lowest BCUT2D eigenvalue weighted by Gasteiger charge is -2.25. The molecule has 1 aromatic heterocycles. The van der Waals surface area contributed by atoms with Crippen molar-refractivity contribution in [1.82, 2.24) is 13.9 Å². The normalized spacial score (nSPS) is 11.7. The van der Waals surface area contributed by atoms with Crippen molar-refractivity contribution >= 4 is 33.5 Å². The number of amides is 1.